The number of esters is 1. The highest BCUT2D eigenvalue weighted by Gasteiger charge is 2.39. The van der Waals surface area contributed by atoms with Gasteiger partial charge >= 0.3 is 11.9 Å². The molecule has 0 bridgehead atoms. The minimum Gasteiger partial charge on any atom is -0.480 e. The minimum atomic E-state index is -0.983. The van der Waals surface area contributed by atoms with Crippen molar-refractivity contribution in [2.24, 2.45) is 0 Å². The van der Waals surface area contributed by atoms with E-state index in [1.54, 1.807) is 6.92 Å². The second-order valence-electron chi connectivity index (χ2n) is 5.27. The third-order valence-electron chi connectivity index (χ3n) is 3.47. The first-order chi connectivity index (χ1) is 11.5. The van der Waals surface area contributed by atoms with Crippen LogP contribution in [0.25, 0.3) is 0 Å². The lowest BCUT2D eigenvalue weighted by atomic mass is 10.1. The summed E-state index contributed by atoms with van der Waals surface area (Å²) in [5.41, 5.74) is 0.827. The molecule has 1 amide bonds. The molecule has 3 atom stereocenters. The summed E-state index contributed by atoms with van der Waals surface area (Å²) in [5.74, 6) is -1.55. The number of benzene rings is 1. The molecule has 1 saturated heterocycles. The topological polar surface area (TPSA) is 105 Å². The van der Waals surface area contributed by atoms with Crippen LogP contribution in [0.2, 0.25) is 0 Å². The van der Waals surface area contributed by atoms with Crippen LogP contribution in [0, 0.1) is 0 Å². The zero-order valence-corrected chi connectivity index (χ0v) is 14.0. The molecule has 1 aromatic rings. The number of hydrogen-bond acceptors (Lipinski definition) is 6. The maximum Gasteiger partial charge on any atom is 0.331 e. The maximum absolute atomic E-state index is 12.2. The molecule has 2 rings (SSSR count). The Morgan fingerprint density at radius 2 is 2.08 bits per heavy atom. The molecule has 130 valence electrons. The molecule has 1 aromatic carbocycles. The van der Waals surface area contributed by atoms with Crippen molar-refractivity contribution < 1.29 is 24.2 Å². The fourth-order valence-corrected chi connectivity index (χ4v) is 3.60. The van der Waals surface area contributed by atoms with Gasteiger partial charge in [0.05, 0.1) is 18.4 Å². The number of thioether (sulfide) groups is 1. The highest BCUT2D eigenvalue weighted by atomic mass is 32.2. The quantitative estimate of drug-likeness (QED) is 0.610. The Hall–Kier alpha value is -2.06. The molecule has 7 nitrogen and oxygen atoms in total. The second-order valence-corrected chi connectivity index (χ2v) is 6.45. The lowest BCUT2D eigenvalue weighted by Crippen LogP contribution is -2.54. The van der Waals surface area contributed by atoms with E-state index in [9.17, 15) is 14.4 Å². The number of carbonyl (C=O) groups excluding carboxylic acids is 2. The van der Waals surface area contributed by atoms with Crippen molar-refractivity contribution in [2.75, 3.05) is 12.4 Å². The summed E-state index contributed by atoms with van der Waals surface area (Å²) in [6, 6.07) is 7.48. The Kier molecular flexibility index (Phi) is 6.62. The van der Waals surface area contributed by atoms with Gasteiger partial charge in [-0.1, -0.05) is 30.3 Å². The van der Waals surface area contributed by atoms with E-state index >= 15 is 0 Å². The van der Waals surface area contributed by atoms with Crippen LogP contribution in [0.4, 0.5) is 0 Å². The molecular weight excluding hydrogens is 332 g/mol. The SMILES string of the molecule is CCOC(=O)[C@@H](NC(=O)Cc1ccccc1)[C@@H]1N[C@H](C(=O)O)CS1. The third-order valence-corrected chi connectivity index (χ3v) is 4.77. The molecule has 3 N–H and O–H groups in total. The van der Waals surface area contributed by atoms with Gasteiger partial charge in [-0.05, 0) is 12.5 Å². The van der Waals surface area contributed by atoms with Crippen molar-refractivity contribution in [1.82, 2.24) is 10.6 Å². The van der Waals surface area contributed by atoms with E-state index in [4.69, 9.17) is 9.84 Å². The molecule has 8 heteroatoms. The molecule has 0 unspecified atom stereocenters. The first kappa shape index (κ1) is 18.3. The highest BCUT2D eigenvalue weighted by Crippen LogP contribution is 2.22. The largest absolute Gasteiger partial charge is 0.480 e. The predicted molar refractivity (Wildman–Crippen MR) is 89.5 cm³/mol. The Bertz CT molecular complexity index is 595. The normalized spacial score (nSPS) is 21.0. The van der Waals surface area contributed by atoms with E-state index in [0.717, 1.165) is 5.56 Å². The molecule has 0 aliphatic carbocycles. The summed E-state index contributed by atoms with van der Waals surface area (Å²) in [4.78, 5) is 35.4. The van der Waals surface area contributed by atoms with Crippen LogP contribution in [0.1, 0.15) is 12.5 Å². The van der Waals surface area contributed by atoms with Gasteiger partial charge in [0, 0.05) is 5.75 Å². The van der Waals surface area contributed by atoms with E-state index < -0.39 is 29.4 Å². The second kappa shape index (κ2) is 8.70. The van der Waals surface area contributed by atoms with Gasteiger partial charge in [-0.25, -0.2) is 4.79 Å². The van der Waals surface area contributed by atoms with Crippen LogP contribution in [0.3, 0.4) is 0 Å². The van der Waals surface area contributed by atoms with Crippen LogP contribution < -0.4 is 10.6 Å². The van der Waals surface area contributed by atoms with Crippen LogP contribution in [0.15, 0.2) is 30.3 Å². The Morgan fingerprint density at radius 1 is 1.38 bits per heavy atom. The zero-order valence-electron chi connectivity index (χ0n) is 13.2. The average molecular weight is 352 g/mol. The van der Waals surface area contributed by atoms with Crippen LogP contribution in [-0.4, -0.2) is 52.8 Å². The number of nitrogens with one attached hydrogen (secondary N) is 2. The molecular formula is C16H20N2O5S. The number of hydrogen-bond donors (Lipinski definition) is 3. The number of carboxylic acid groups (broad SMARTS) is 1. The molecule has 1 heterocycles. The van der Waals surface area contributed by atoms with E-state index in [1.807, 2.05) is 30.3 Å². The summed E-state index contributed by atoms with van der Waals surface area (Å²) >= 11 is 1.28. The van der Waals surface area contributed by atoms with Gasteiger partial charge in [-0.3, -0.25) is 14.9 Å². The third kappa shape index (κ3) is 4.97. The number of rotatable bonds is 7. The number of carbonyl (C=O) groups is 3. The lowest BCUT2D eigenvalue weighted by Gasteiger charge is -2.23. The Balaban J connectivity index is 2.02. The van der Waals surface area contributed by atoms with Crippen molar-refractivity contribution >= 4 is 29.6 Å². The highest BCUT2D eigenvalue weighted by molar-refractivity contribution is 8.00. The number of ether oxygens (including phenoxy) is 1. The fraction of sp³-hybridized carbons (Fsp3) is 0.438. The average Bonchev–Trinajstić information content (AvgIpc) is 3.03. The molecule has 24 heavy (non-hydrogen) atoms. The van der Waals surface area contributed by atoms with Crippen LogP contribution in [0.5, 0.6) is 0 Å². The minimum absolute atomic E-state index is 0.135. The van der Waals surface area contributed by atoms with E-state index in [2.05, 4.69) is 10.6 Å². The molecule has 0 aromatic heterocycles. The number of aliphatic carboxylic acids is 1. The van der Waals surface area contributed by atoms with Crippen molar-refractivity contribution in [3.8, 4) is 0 Å². The van der Waals surface area contributed by atoms with Crippen molar-refractivity contribution in [3.05, 3.63) is 35.9 Å². The van der Waals surface area contributed by atoms with E-state index in [0.29, 0.717) is 5.75 Å². The summed E-state index contributed by atoms with van der Waals surface area (Å²) < 4.78 is 5.01. The predicted octanol–water partition coefficient (Wildman–Crippen LogP) is 0.393. The molecule has 0 radical (unpaired) electrons. The fourth-order valence-electron chi connectivity index (χ4n) is 2.33. The van der Waals surface area contributed by atoms with Gasteiger partial charge in [0.1, 0.15) is 6.04 Å². The molecule has 0 saturated carbocycles. The van der Waals surface area contributed by atoms with E-state index in [-0.39, 0.29) is 18.9 Å². The van der Waals surface area contributed by atoms with E-state index in [1.165, 1.54) is 11.8 Å². The number of carboxylic acids is 1. The zero-order chi connectivity index (χ0) is 17.5. The van der Waals surface area contributed by atoms with Crippen molar-refractivity contribution in [3.63, 3.8) is 0 Å². The van der Waals surface area contributed by atoms with Gasteiger partial charge in [0.2, 0.25) is 5.91 Å². The van der Waals surface area contributed by atoms with Gasteiger partial charge in [0.15, 0.2) is 6.04 Å². The molecule has 1 aliphatic rings. The maximum atomic E-state index is 12.2. The summed E-state index contributed by atoms with van der Waals surface area (Å²) in [6.07, 6.45) is 0.135. The Labute approximate surface area is 144 Å². The van der Waals surface area contributed by atoms with Crippen molar-refractivity contribution in [1.29, 1.82) is 0 Å². The number of amides is 1. The van der Waals surface area contributed by atoms with Gasteiger partial charge < -0.3 is 15.2 Å². The summed E-state index contributed by atoms with van der Waals surface area (Å²) in [5, 5.41) is 14.0. The van der Waals surface area contributed by atoms with Crippen LogP contribution in [-0.2, 0) is 25.5 Å². The van der Waals surface area contributed by atoms with Crippen LogP contribution >= 0.6 is 11.8 Å². The Morgan fingerprint density at radius 3 is 2.67 bits per heavy atom. The summed E-state index contributed by atoms with van der Waals surface area (Å²) in [6.45, 7) is 1.86. The van der Waals surface area contributed by atoms with Gasteiger partial charge in [-0.15, -0.1) is 11.8 Å². The van der Waals surface area contributed by atoms with Gasteiger partial charge in [-0.2, -0.15) is 0 Å². The van der Waals surface area contributed by atoms with Gasteiger partial charge in [0.25, 0.3) is 0 Å². The first-order valence-electron chi connectivity index (χ1n) is 7.61. The van der Waals surface area contributed by atoms with Crippen molar-refractivity contribution in [2.45, 2.75) is 30.8 Å². The molecule has 1 aliphatic heterocycles. The summed E-state index contributed by atoms with van der Waals surface area (Å²) in [7, 11) is 0. The molecule has 0 spiro atoms. The first-order valence-corrected chi connectivity index (χ1v) is 8.66. The smallest absolute Gasteiger partial charge is 0.331 e. The lowest BCUT2D eigenvalue weighted by molar-refractivity contribution is -0.148. The monoisotopic (exact) mass is 352 g/mol. The standard InChI is InChI=1S/C16H20N2O5S/c1-2-23-16(22)13(14-17-11(9-24-14)15(20)21)18-12(19)8-10-6-4-3-5-7-10/h3-7,11,13-14,17H,2,8-9H2,1H3,(H,18,19)(H,20,21)/t11-,13-,14+/m0/s1. The molecule has 1 fully saturated rings.